The van der Waals surface area contributed by atoms with Crippen molar-refractivity contribution in [2.45, 2.75) is 49.6 Å². The fourth-order valence-electron chi connectivity index (χ4n) is 2.83. The second-order valence-corrected chi connectivity index (χ2v) is 9.60. The summed E-state index contributed by atoms with van der Waals surface area (Å²) in [6.07, 6.45) is 6.28. The fourth-order valence-corrected chi connectivity index (χ4v) is 4.02. The summed E-state index contributed by atoms with van der Waals surface area (Å²) in [5, 5.41) is 4.12. The number of hydrogen-bond donors (Lipinski definition) is 3. The first-order valence-electron chi connectivity index (χ1n) is 9.61. The molecule has 2 aromatic rings. The Kier molecular flexibility index (Phi) is 7.14. The number of anilines is 1. The molecular formula is C19H26N6O3S2. The zero-order valence-electron chi connectivity index (χ0n) is 17.2. The largest absolute Gasteiger partial charge is 0.416 e. The summed E-state index contributed by atoms with van der Waals surface area (Å²) >= 11 is 5.91. The molecule has 11 heteroatoms. The predicted octanol–water partition coefficient (Wildman–Crippen LogP) is 3.72. The molecule has 0 radical (unpaired) electrons. The molecule has 0 atom stereocenters. The van der Waals surface area contributed by atoms with Crippen molar-refractivity contribution in [1.82, 2.24) is 25.2 Å². The Morgan fingerprint density at radius 3 is 2.60 bits per heavy atom. The zero-order valence-corrected chi connectivity index (χ0v) is 18.9. The van der Waals surface area contributed by atoms with E-state index in [2.05, 4.69) is 33.1 Å². The molecule has 1 aliphatic rings. The van der Waals surface area contributed by atoms with E-state index < -0.39 is 6.09 Å². The predicted molar refractivity (Wildman–Crippen MR) is 119 cm³/mol. The third-order valence-electron chi connectivity index (χ3n) is 4.28. The summed E-state index contributed by atoms with van der Waals surface area (Å²) in [5.41, 5.74) is 0.0841. The van der Waals surface area contributed by atoms with Gasteiger partial charge >= 0.3 is 12.1 Å². The van der Waals surface area contributed by atoms with Crippen LogP contribution in [0.1, 0.15) is 33.6 Å². The van der Waals surface area contributed by atoms with Gasteiger partial charge in [0.15, 0.2) is 5.16 Å². The third-order valence-corrected chi connectivity index (χ3v) is 5.95. The van der Waals surface area contributed by atoms with Gasteiger partial charge in [0.1, 0.15) is 0 Å². The van der Waals surface area contributed by atoms with Gasteiger partial charge in [0.2, 0.25) is 5.88 Å². The average Bonchev–Trinajstić information content (AvgIpc) is 3.20. The first-order valence-corrected chi connectivity index (χ1v) is 10.9. The van der Waals surface area contributed by atoms with E-state index in [9.17, 15) is 9.59 Å². The molecule has 0 unspecified atom stereocenters. The Bertz CT molecular complexity index is 846. The summed E-state index contributed by atoms with van der Waals surface area (Å²) < 4.78 is 6.54. The number of amides is 3. The number of carbonyl (C=O) groups excluding carboxylic acids is 2. The van der Waals surface area contributed by atoms with Crippen molar-refractivity contribution in [2.75, 3.05) is 17.4 Å². The molecule has 2 aromatic heterocycles. The van der Waals surface area contributed by atoms with Crippen LogP contribution in [0.4, 0.5) is 15.3 Å². The van der Waals surface area contributed by atoms with Gasteiger partial charge in [0, 0.05) is 42.3 Å². The molecule has 162 valence electrons. The number of rotatable bonds is 4. The van der Waals surface area contributed by atoms with Gasteiger partial charge in [0.05, 0.1) is 11.9 Å². The molecule has 3 amide bonds. The lowest BCUT2D eigenvalue weighted by molar-refractivity contribution is 0.142. The summed E-state index contributed by atoms with van der Waals surface area (Å²) in [6, 6.07) is 2.80. The molecule has 30 heavy (non-hydrogen) atoms. The van der Waals surface area contributed by atoms with Crippen molar-refractivity contribution >= 4 is 42.4 Å². The van der Waals surface area contributed by atoms with Crippen molar-refractivity contribution in [3.8, 4) is 5.88 Å². The highest BCUT2D eigenvalue weighted by Gasteiger charge is 2.26. The maximum atomic E-state index is 12.4. The molecule has 2 N–H and O–H groups in total. The van der Waals surface area contributed by atoms with Gasteiger partial charge in [-0.25, -0.2) is 23.9 Å². The van der Waals surface area contributed by atoms with Gasteiger partial charge in [-0.1, -0.05) is 24.6 Å². The number of pyridine rings is 1. The maximum Gasteiger partial charge on any atom is 0.416 e. The summed E-state index contributed by atoms with van der Waals surface area (Å²) in [4.78, 5) is 37.7. The second kappa shape index (κ2) is 9.61. The molecule has 3 heterocycles. The van der Waals surface area contributed by atoms with E-state index in [1.54, 1.807) is 41.2 Å². The lowest BCUT2D eigenvalue weighted by atomic mass is 10.1. The van der Waals surface area contributed by atoms with Crippen LogP contribution in [-0.2, 0) is 0 Å². The van der Waals surface area contributed by atoms with E-state index in [4.69, 9.17) is 4.74 Å². The van der Waals surface area contributed by atoms with Crippen LogP contribution in [0.3, 0.4) is 0 Å². The highest BCUT2D eigenvalue weighted by Crippen LogP contribution is 2.28. The second-order valence-electron chi connectivity index (χ2n) is 7.91. The maximum absolute atomic E-state index is 12.4. The molecule has 0 spiro atoms. The third kappa shape index (κ3) is 6.30. The number of urea groups is 1. The lowest BCUT2D eigenvalue weighted by Crippen LogP contribution is -2.45. The van der Waals surface area contributed by atoms with E-state index in [1.807, 2.05) is 20.8 Å². The molecule has 3 rings (SSSR count). The number of thioether (sulfide) groups is 1. The van der Waals surface area contributed by atoms with Gasteiger partial charge in [-0.3, -0.25) is 0 Å². The normalized spacial score (nSPS) is 15.0. The van der Waals surface area contributed by atoms with E-state index in [1.165, 1.54) is 6.20 Å². The molecule has 1 saturated heterocycles. The van der Waals surface area contributed by atoms with Gasteiger partial charge < -0.3 is 19.9 Å². The van der Waals surface area contributed by atoms with Crippen LogP contribution in [0.5, 0.6) is 5.88 Å². The Morgan fingerprint density at radius 2 is 2.03 bits per heavy atom. The molecular weight excluding hydrogens is 424 g/mol. The first-order chi connectivity index (χ1) is 14.2. The van der Waals surface area contributed by atoms with Crippen molar-refractivity contribution in [3.05, 3.63) is 30.7 Å². The van der Waals surface area contributed by atoms with Crippen LogP contribution in [0, 0.1) is 0 Å². The van der Waals surface area contributed by atoms with Gasteiger partial charge in [-0.15, -0.1) is 0 Å². The zero-order chi connectivity index (χ0) is 21.7. The Balaban J connectivity index is 1.48. The summed E-state index contributed by atoms with van der Waals surface area (Å²) in [7, 11) is 0. The monoisotopic (exact) mass is 450 g/mol. The Labute approximate surface area is 185 Å². The number of thiol groups is 1. The first kappa shape index (κ1) is 22.3. The molecule has 9 nitrogen and oxygen atoms in total. The number of nitrogens with one attached hydrogen (secondary N) is 2. The summed E-state index contributed by atoms with van der Waals surface area (Å²) in [5.74, 6) is 0.175. The van der Waals surface area contributed by atoms with Crippen molar-refractivity contribution < 1.29 is 14.3 Å². The van der Waals surface area contributed by atoms with Crippen LogP contribution in [-0.4, -0.2) is 55.9 Å². The number of ether oxygens (including phenoxy) is 1. The Hall–Kier alpha value is -2.40. The standard InChI is InChI=1S/C19H26N6O3S2/c1-19(2,3)23-17(26)25(29)13-4-5-15(22-12-13)28-18(27)24-10-6-14(7-11-24)30-16-20-8-9-21-16/h4-5,8-9,12,14,29H,6-7,10-11H2,1-3H3,(H,20,21)(H,23,26). The number of imidazole rings is 1. The van der Waals surface area contributed by atoms with Crippen LogP contribution >= 0.6 is 24.6 Å². The van der Waals surface area contributed by atoms with Crippen LogP contribution in [0.2, 0.25) is 0 Å². The van der Waals surface area contributed by atoms with Crippen molar-refractivity contribution in [2.24, 2.45) is 0 Å². The van der Waals surface area contributed by atoms with E-state index in [0.29, 0.717) is 24.0 Å². The SMILES string of the molecule is CC(C)(C)NC(=O)N(S)c1ccc(OC(=O)N2CCC(Sc3ncc[nH]3)CC2)nc1. The lowest BCUT2D eigenvalue weighted by Gasteiger charge is -2.30. The number of piperidine rings is 1. The molecule has 0 bridgehead atoms. The highest BCUT2D eigenvalue weighted by molar-refractivity contribution is 7.99. The van der Waals surface area contributed by atoms with Crippen LogP contribution < -0.4 is 14.4 Å². The number of H-pyrrole nitrogens is 1. The minimum atomic E-state index is -0.426. The number of hydrogen-bond acceptors (Lipinski definition) is 7. The number of aromatic nitrogens is 3. The van der Waals surface area contributed by atoms with Crippen LogP contribution in [0.15, 0.2) is 35.9 Å². The van der Waals surface area contributed by atoms with Crippen molar-refractivity contribution in [3.63, 3.8) is 0 Å². The topological polar surface area (TPSA) is 103 Å². The average molecular weight is 451 g/mol. The molecule has 0 aliphatic carbocycles. The number of carbonyl (C=O) groups is 2. The number of likely N-dealkylation sites (tertiary alicyclic amines) is 1. The molecule has 0 aromatic carbocycles. The van der Waals surface area contributed by atoms with Gasteiger partial charge in [0.25, 0.3) is 0 Å². The van der Waals surface area contributed by atoms with Crippen molar-refractivity contribution in [1.29, 1.82) is 0 Å². The molecule has 1 aliphatic heterocycles. The fraction of sp³-hybridized carbons (Fsp3) is 0.474. The minimum Gasteiger partial charge on any atom is -0.391 e. The van der Waals surface area contributed by atoms with Crippen LogP contribution in [0.25, 0.3) is 0 Å². The smallest absolute Gasteiger partial charge is 0.391 e. The molecule has 1 fully saturated rings. The number of nitrogens with zero attached hydrogens (tertiary/aromatic N) is 4. The van der Waals surface area contributed by atoms with Gasteiger partial charge in [-0.2, -0.15) is 0 Å². The van der Waals surface area contributed by atoms with E-state index in [0.717, 1.165) is 22.3 Å². The number of aromatic amines is 1. The molecule has 0 saturated carbocycles. The summed E-state index contributed by atoms with van der Waals surface area (Å²) in [6.45, 7) is 6.88. The quantitative estimate of drug-likeness (QED) is 0.614. The van der Waals surface area contributed by atoms with E-state index in [-0.39, 0.29) is 17.5 Å². The van der Waals surface area contributed by atoms with E-state index >= 15 is 0 Å². The van der Waals surface area contributed by atoms with Gasteiger partial charge in [-0.05, 0) is 39.7 Å². The highest BCUT2D eigenvalue weighted by atomic mass is 32.2. The minimum absolute atomic E-state index is 0.175. The Morgan fingerprint density at radius 1 is 1.30 bits per heavy atom.